The predicted molar refractivity (Wildman–Crippen MR) is 68.1 cm³/mol. The molecule has 17 heavy (non-hydrogen) atoms. The summed E-state index contributed by atoms with van der Waals surface area (Å²) in [5.74, 6) is 0.843. The van der Waals surface area contributed by atoms with E-state index in [0.717, 1.165) is 36.8 Å². The van der Waals surface area contributed by atoms with Gasteiger partial charge in [0.2, 0.25) is 0 Å². The van der Waals surface area contributed by atoms with Crippen molar-refractivity contribution in [3.05, 3.63) is 29.3 Å². The predicted octanol–water partition coefficient (Wildman–Crippen LogP) is 2.03. The molecule has 2 rings (SSSR count). The van der Waals surface area contributed by atoms with Gasteiger partial charge in [-0.05, 0) is 33.3 Å². The Labute approximate surface area is 101 Å². The maximum Gasteiger partial charge on any atom is 0.200 e. The van der Waals surface area contributed by atoms with E-state index in [2.05, 4.69) is 33.4 Å². The molecule has 5 nitrogen and oxygen atoms in total. The maximum absolute atomic E-state index is 4.42. The number of aromatic amines is 1. The van der Waals surface area contributed by atoms with E-state index >= 15 is 0 Å². The van der Waals surface area contributed by atoms with Crippen LogP contribution in [0.15, 0.2) is 12.3 Å². The summed E-state index contributed by atoms with van der Waals surface area (Å²) >= 11 is 0. The summed E-state index contributed by atoms with van der Waals surface area (Å²) in [6, 6.07) is 2.10. The van der Waals surface area contributed by atoms with Crippen molar-refractivity contribution in [3.63, 3.8) is 0 Å². The minimum absolute atomic E-state index is 0.843. The second kappa shape index (κ2) is 5.03. The molecule has 0 bridgehead atoms. The minimum atomic E-state index is 0.843. The number of aromatic nitrogens is 4. The molecule has 0 aliphatic rings. The van der Waals surface area contributed by atoms with E-state index in [0.29, 0.717) is 0 Å². The minimum Gasteiger partial charge on any atom is -0.356 e. The Bertz CT molecular complexity index is 483. The highest BCUT2D eigenvalue weighted by molar-refractivity contribution is 5.25. The van der Waals surface area contributed by atoms with Gasteiger partial charge in [0.15, 0.2) is 5.95 Å². The van der Waals surface area contributed by atoms with Crippen molar-refractivity contribution < 1.29 is 0 Å². The molecule has 0 aliphatic heterocycles. The largest absolute Gasteiger partial charge is 0.356 e. The molecular formula is C12H19N5. The summed E-state index contributed by atoms with van der Waals surface area (Å²) in [5, 5.41) is 7.68. The van der Waals surface area contributed by atoms with E-state index in [4.69, 9.17) is 0 Å². The number of aryl methyl sites for hydroxylation is 4. The first-order valence-electron chi connectivity index (χ1n) is 5.91. The Morgan fingerprint density at radius 2 is 2.18 bits per heavy atom. The smallest absolute Gasteiger partial charge is 0.200 e. The summed E-state index contributed by atoms with van der Waals surface area (Å²) in [4.78, 5) is 7.34. The molecule has 0 unspecified atom stereocenters. The second-order valence-electron chi connectivity index (χ2n) is 4.35. The first-order valence-corrected chi connectivity index (χ1v) is 5.91. The molecule has 0 fully saturated rings. The van der Waals surface area contributed by atoms with Crippen LogP contribution in [0.1, 0.15) is 23.5 Å². The Kier molecular flexibility index (Phi) is 3.46. The van der Waals surface area contributed by atoms with Crippen LogP contribution < -0.4 is 5.32 Å². The van der Waals surface area contributed by atoms with Gasteiger partial charge in [-0.3, -0.25) is 4.68 Å². The van der Waals surface area contributed by atoms with Crippen LogP contribution in [0.2, 0.25) is 0 Å². The third-order valence-electron chi connectivity index (χ3n) is 2.65. The third kappa shape index (κ3) is 3.09. The van der Waals surface area contributed by atoms with Gasteiger partial charge in [0.1, 0.15) is 0 Å². The third-order valence-corrected chi connectivity index (χ3v) is 2.65. The first-order chi connectivity index (χ1) is 8.15. The Balaban J connectivity index is 1.75. The molecule has 0 saturated carbocycles. The fourth-order valence-electron chi connectivity index (χ4n) is 1.84. The molecule has 0 radical (unpaired) electrons. The Hall–Kier alpha value is -1.78. The lowest BCUT2D eigenvalue weighted by molar-refractivity contribution is 0.573. The fourth-order valence-corrected chi connectivity index (χ4v) is 1.84. The normalized spacial score (nSPS) is 10.8. The second-order valence-corrected chi connectivity index (χ2v) is 4.35. The van der Waals surface area contributed by atoms with Crippen LogP contribution in [-0.4, -0.2) is 26.3 Å². The molecule has 2 N–H and O–H groups in total. The van der Waals surface area contributed by atoms with E-state index in [-0.39, 0.29) is 0 Å². The number of rotatable bonds is 5. The summed E-state index contributed by atoms with van der Waals surface area (Å²) in [6.07, 6.45) is 2.85. The summed E-state index contributed by atoms with van der Waals surface area (Å²) in [6.45, 7) is 7.93. The van der Waals surface area contributed by atoms with Crippen LogP contribution in [0.25, 0.3) is 0 Å². The molecule has 2 aromatic heterocycles. The van der Waals surface area contributed by atoms with E-state index < -0.39 is 0 Å². The standard InChI is InChI=1S/C12H19N5/c1-9-7-11(3)17(16-9)6-4-5-13-12-14-8-10(2)15-12/h7-8H,4-6H2,1-3H3,(H2,13,14,15). The molecule has 0 saturated heterocycles. The molecular weight excluding hydrogens is 214 g/mol. The van der Waals surface area contributed by atoms with E-state index in [1.54, 1.807) is 0 Å². The molecule has 0 aliphatic carbocycles. The van der Waals surface area contributed by atoms with Gasteiger partial charge in [0.05, 0.1) is 5.69 Å². The highest BCUT2D eigenvalue weighted by Gasteiger charge is 2.00. The van der Waals surface area contributed by atoms with Crippen molar-refractivity contribution in [3.8, 4) is 0 Å². The Morgan fingerprint density at radius 3 is 2.76 bits per heavy atom. The summed E-state index contributed by atoms with van der Waals surface area (Å²) in [5.41, 5.74) is 3.37. The fraction of sp³-hybridized carbons (Fsp3) is 0.500. The van der Waals surface area contributed by atoms with Gasteiger partial charge >= 0.3 is 0 Å². The molecule has 0 atom stereocenters. The number of anilines is 1. The van der Waals surface area contributed by atoms with Crippen molar-refractivity contribution in [2.24, 2.45) is 0 Å². The lowest BCUT2D eigenvalue weighted by atomic mass is 10.4. The van der Waals surface area contributed by atoms with Gasteiger partial charge in [-0.2, -0.15) is 5.10 Å². The lowest BCUT2D eigenvalue weighted by Crippen LogP contribution is -2.09. The SMILES string of the molecule is Cc1cc(C)n(CCCNc2ncc(C)[nH]2)n1. The molecule has 0 spiro atoms. The number of nitrogens with one attached hydrogen (secondary N) is 2. The van der Waals surface area contributed by atoms with Gasteiger partial charge in [0, 0.05) is 30.7 Å². The highest BCUT2D eigenvalue weighted by atomic mass is 15.3. The molecule has 5 heteroatoms. The van der Waals surface area contributed by atoms with Gasteiger partial charge in [-0.15, -0.1) is 0 Å². The monoisotopic (exact) mass is 233 g/mol. The molecule has 0 amide bonds. The number of hydrogen-bond acceptors (Lipinski definition) is 3. The zero-order chi connectivity index (χ0) is 12.3. The average molecular weight is 233 g/mol. The lowest BCUT2D eigenvalue weighted by Gasteiger charge is -2.05. The molecule has 2 heterocycles. The van der Waals surface area contributed by atoms with Crippen LogP contribution in [0.5, 0.6) is 0 Å². The van der Waals surface area contributed by atoms with E-state index in [9.17, 15) is 0 Å². The molecule has 0 aromatic carbocycles. The quantitative estimate of drug-likeness (QED) is 0.777. The number of H-pyrrole nitrogens is 1. The average Bonchev–Trinajstić information content (AvgIpc) is 2.81. The van der Waals surface area contributed by atoms with Crippen LogP contribution in [0.4, 0.5) is 5.95 Å². The zero-order valence-corrected chi connectivity index (χ0v) is 10.6. The number of imidazole rings is 1. The topological polar surface area (TPSA) is 58.5 Å². The van der Waals surface area contributed by atoms with Crippen LogP contribution >= 0.6 is 0 Å². The van der Waals surface area contributed by atoms with Crippen molar-refractivity contribution in [1.29, 1.82) is 0 Å². The van der Waals surface area contributed by atoms with Crippen molar-refractivity contribution >= 4 is 5.95 Å². The molecule has 92 valence electrons. The first kappa shape index (κ1) is 11.7. The van der Waals surface area contributed by atoms with Gasteiger partial charge < -0.3 is 10.3 Å². The van der Waals surface area contributed by atoms with Crippen LogP contribution in [-0.2, 0) is 6.54 Å². The van der Waals surface area contributed by atoms with Crippen molar-refractivity contribution in [2.75, 3.05) is 11.9 Å². The summed E-state index contributed by atoms with van der Waals surface area (Å²) in [7, 11) is 0. The zero-order valence-electron chi connectivity index (χ0n) is 10.6. The van der Waals surface area contributed by atoms with Gasteiger partial charge in [-0.25, -0.2) is 4.98 Å². The number of nitrogens with zero attached hydrogens (tertiary/aromatic N) is 3. The van der Waals surface area contributed by atoms with Crippen molar-refractivity contribution in [2.45, 2.75) is 33.7 Å². The van der Waals surface area contributed by atoms with E-state index in [1.807, 2.05) is 24.7 Å². The summed E-state index contributed by atoms with van der Waals surface area (Å²) < 4.78 is 2.05. The van der Waals surface area contributed by atoms with Crippen LogP contribution in [0.3, 0.4) is 0 Å². The Morgan fingerprint density at radius 1 is 1.35 bits per heavy atom. The molecule has 2 aromatic rings. The highest BCUT2D eigenvalue weighted by Crippen LogP contribution is 2.04. The van der Waals surface area contributed by atoms with Gasteiger partial charge in [-0.1, -0.05) is 0 Å². The maximum atomic E-state index is 4.42. The van der Waals surface area contributed by atoms with Crippen LogP contribution in [0, 0.1) is 20.8 Å². The van der Waals surface area contributed by atoms with Gasteiger partial charge in [0.25, 0.3) is 0 Å². The van der Waals surface area contributed by atoms with E-state index in [1.165, 1.54) is 5.69 Å². The number of hydrogen-bond donors (Lipinski definition) is 2. The van der Waals surface area contributed by atoms with Crippen molar-refractivity contribution in [1.82, 2.24) is 19.7 Å².